The van der Waals surface area contributed by atoms with Gasteiger partial charge >= 0.3 is 13.3 Å². The third-order valence-electron chi connectivity index (χ3n) is 4.29. The van der Waals surface area contributed by atoms with Crippen molar-refractivity contribution in [2.24, 2.45) is 0 Å². The van der Waals surface area contributed by atoms with Crippen LogP contribution in [0.4, 0.5) is 0 Å². The second-order valence-corrected chi connectivity index (χ2v) is 11.2. The molecule has 0 bridgehead atoms. The Morgan fingerprint density at radius 3 is 2.39 bits per heavy atom. The number of hydrogen-bond acceptors (Lipinski definition) is 8. The Hall–Kier alpha value is -0.600. The smallest absolute Gasteiger partial charge is 0.359 e. The lowest BCUT2D eigenvalue weighted by Crippen LogP contribution is -2.39. The molecule has 28 heavy (non-hydrogen) atoms. The first-order valence-electron chi connectivity index (χ1n) is 8.34. The van der Waals surface area contributed by atoms with E-state index in [9.17, 15) is 34.4 Å². The minimum atomic E-state index is -4.42. The van der Waals surface area contributed by atoms with Crippen LogP contribution in [0.5, 0.6) is 0 Å². The van der Waals surface area contributed by atoms with Gasteiger partial charge in [-0.15, -0.1) is 0 Å². The lowest BCUT2D eigenvalue weighted by molar-refractivity contribution is -0.0660. The molecule has 5 N–H and O–H groups in total. The van der Waals surface area contributed by atoms with Crippen molar-refractivity contribution in [1.82, 2.24) is 9.55 Å². The summed E-state index contributed by atoms with van der Waals surface area (Å²) in [6.45, 7) is 5.20. The number of H-pyrrole nitrogens is 1. The Labute approximate surface area is 174 Å². The molecular formula is C15H24IN2O9P. The molecule has 1 saturated heterocycles. The molecule has 2 heterocycles. The molecule has 0 aliphatic carbocycles. The fourth-order valence-corrected chi connectivity index (χ4v) is 4.15. The maximum Gasteiger partial charge on any atom is 0.359 e. The highest BCUT2D eigenvalue weighted by Gasteiger charge is 2.49. The molecule has 2 rings (SSSR count). The molecule has 1 aliphatic rings. The molecule has 160 valence electrons. The Morgan fingerprint density at radius 1 is 1.29 bits per heavy atom. The largest absolute Gasteiger partial charge is 0.388 e. The Morgan fingerprint density at radius 2 is 1.86 bits per heavy atom. The van der Waals surface area contributed by atoms with Crippen LogP contribution in [-0.4, -0.2) is 59.0 Å². The number of nitrogens with one attached hydrogen (secondary N) is 1. The van der Waals surface area contributed by atoms with Gasteiger partial charge in [-0.05, 0) is 50.3 Å². The standard InChI is InChI=1S/C15H24IN2O9P/c1-14(2,27-28(24,25)15(3,4)23)5-8-9(19)10(20)12(26-8)18-6-7(16)11(21)17-13(18)22/h6,8-10,12,19-20,23H,5H2,1-4H3,(H,24,25)(H,17,21,22)/t8-,9-,10-,12?/m1/s1. The molecule has 0 saturated carbocycles. The summed E-state index contributed by atoms with van der Waals surface area (Å²) in [5.74, 6) is 0. The molecule has 1 aromatic rings. The molecule has 1 fully saturated rings. The number of ether oxygens (including phenoxy) is 1. The van der Waals surface area contributed by atoms with Crippen molar-refractivity contribution in [3.05, 3.63) is 30.6 Å². The van der Waals surface area contributed by atoms with Gasteiger partial charge in [-0.3, -0.25) is 18.9 Å². The molecule has 2 unspecified atom stereocenters. The summed E-state index contributed by atoms with van der Waals surface area (Å²) < 4.78 is 24.2. The van der Waals surface area contributed by atoms with E-state index in [4.69, 9.17) is 9.26 Å². The van der Waals surface area contributed by atoms with Gasteiger partial charge in [0.05, 0.1) is 15.3 Å². The maximum absolute atomic E-state index is 12.2. The molecule has 0 radical (unpaired) electrons. The number of aromatic amines is 1. The predicted octanol–water partition coefficient (Wildman–Crippen LogP) is -0.141. The summed E-state index contributed by atoms with van der Waals surface area (Å²) in [5, 5.41) is 28.4. The fourth-order valence-electron chi connectivity index (χ4n) is 2.75. The molecule has 13 heteroatoms. The molecular weight excluding hydrogens is 510 g/mol. The lowest BCUT2D eigenvalue weighted by Gasteiger charge is -2.34. The second-order valence-electron chi connectivity index (χ2n) is 7.76. The maximum atomic E-state index is 12.2. The summed E-state index contributed by atoms with van der Waals surface area (Å²) in [6, 6.07) is 0. The second kappa shape index (κ2) is 7.91. The molecule has 0 amide bonds. The van der Waals surface area contributed by atoms with Crippen molar-refractivity contribution >= 4 is 30.2 Å². The van der Waals surface area contributed by atoms with Gasteiger partial charge in [0.1, 0.15) is 12.2 Å². The highest BCUT2D eigenvalue weighted by Crippen LogP contribution is 2.57. The highest BCUT2D eigenvalue weighted by atomic mass is 127. The summed E-state index contributed by atoms with van der Waals surface area (Å²) in [7, 11) is -4.42. The van der Waals surface area contributed by atoms with Gasteiger partial charge in [0, 0.05) is 12.6 Å². The minimum absolute atomic E-state index is 0.127. The number of aromatic nitrogens is 2. The van der Waals surface area contributed by atoms with E-state index in [1.807, 2.05) is 0 Å². The van der Waals surface area contributed by atoms with E-state index in [0.717, 1.165) is 18.4 Å². The van der Waals surface area contributed by atoms with Gasteiger partial charge in [0.2, 0.25) is 0 Å². The van der Waals surface area contributed by atoms with Crippen molar-refractivity contribution in [2.75, 3.05) is 0 Å². The van der Waals surface area contributed by atoms with Gasteiger partial charge in [-0.25, -0.2) is 4.79 Å². The van der Waals surface area contributed by atoms with Crippen LogP contribution in [0.2, 0.25) is 0 Å². The van der Waals surface area contributed by atoms with Gasteiger partial charge in [0.25, 0.3) is 5.56 Å². The van der Waals surface area contributed by atoms with Crippen molar-refractivity contribution < 1.29 is 34.0 Å². The van der Waals surface area contributed by atoms with Crippen molar-refractivity contribution in [3.8, 4) is 0 Å². The van der Waals surface area contributed by atoms with Crippen LogP contribution in [0.3, 0.4) is 0 Å². The van der Waals surface area contributed by atoms with E-state index < -0.39 is 54.3 Å². The first-order chi connectivity index (χ1) is 12.6. The number of halogens is 1. The van der Waals surface area contributed by atoms with Crippen molar-refractivity contribution in [1.29, 1.82) is 0 Å². The first kappa shape index (κ1) is 23.7. The van der Waals surface area contributed by atoms with E-state index in [-0.39, 0.29) is 9.99 Å². The fraction of sp³-hybridized carbons (Fsp3) is 0.733. The van der Waals surface area contributed by atoms with Crippen LogP contribution in [0.25, 0.3) is 0 Å². The van der Waals surface area contributed by atoms with Crippen LogP contribution in [0, 0.1) is 3.57 Å². The Kier molecular flexibility index (Phi) is 6.69. The van der Waals surface area contributed by atoms with Crippen LogP contribution in [0.1, 0.15) is 40.3 Å². The Bertz CT molecular complexity index is 891. The monoisotopic (exact) mass is 534 g/mol. The first-order valence-corrected chi connectivity index (χ1v) is 11.0. The van der Waals surface area contributed by atoms with E-state index in [0.29, 0.717) is 0 Å². The van der Waals surface area contributed by atoms with Gasteiger partial charge in [0.15, 0.2) is 11.6 Å². The number of rotatable bonds is 6. The SMILES string of the molecule is CC(C)(C[C@H]1OC(n2cc(I)c(=O)[nH]c2=O)[C@H](O)[C@@H]1O)OP(=O)(O)C(C)(C)O. The molecule has 1 aliphatic heterocycles. The van der Waals surface area contributed by atoms with E-state index in [1.54, 1.807) is 22.6 Å². The van der Waals surface area contributed by atoms with Gasteiger partial charge in [-0.2, -0.15) is 0 Å². The average molecular weight is 534 g/mol. The number of aliphatic hydroxyl groups excluding tert-OH is 2. The summed E-state index contributed by atoms with van der Waals surface area (Å²) in [5.41, 5.74) is -2.74. The molecule has 11 nitrogen and oxygen atoms in total. The van der Waals surface area contributed by atoms with Crippen LogP contribution in [-0.2, 0) is 13.8 Å². The van der Waals surface area contributed by atoms with Crippen LogP contribution in [0.15, 0.2) is 15.8 Å². The highest BCUT2D eigenvalue weighted by molar-refractivity contribution is 14.1. The van der Waals surface area contributed by atoms with Crippen molar-refractivity contribution in [2.45, 2.75) is 69.6 Å². The molecule has 1 aromatic heterocycles. The van der Waals surface area contributed by atoms with E-state index in [1.165, 1.54) is 20.0 Å². The third-order valence-corrected chi connectivity index (χ3v) is 7.18. The van der Waals surface area contributed by atoms with Gasteiger partial charge in [-0.1, -0.05) is 0 Å². The van der Waals surface area contributed by atoms with Crippen molar-refractivity contribution in [3.63, 3.8) is 0 Å². The van der Waals surface area contributed by atoms with E-state index >= 15 is 0 Å². The summed E-state index contributed by atoms with van der Waals surface area (Å²) >= 11 is 1.71. The van der Waals surface area contributed by atoms with Crippen LogP contribution >= 0.6 is 30.2 Å². The predicted molar refractivity (Wildman–Crippen MR) is 106 cm³/mol. The molecule has 0 aromatic carbocycles. The topological polar surface area (TPSA) is 171 Å². The normalized spacial score (nSPS) is 28.3. The number of nitrogens with zero attached hydrogens (tertiary/aromatic N) is 1. The molecule has 5 atom stereocenters. The van der Waals surface area contributed by atoms with E-state index in [2.05, 4.69) is 4.98 Å². The number of aliphatic hydroxyl groups is 3. The third kappa shape index (κ3) is 4.93. The molecule has 0 spiro atoms. The summed E-state index contributed by atoms with van der Waals surface area (Å²) in [4.78, 5) is 35.6. The summed E-state index contributed by atoms with van der Waals surface area (Å²) in [6.07, 6.45) is -4.17. The zero-order valence-electron chi connectivity index (χ0n) is 15.7. The number of hydrogen-bond donors (Lipinski definition) is 5. The Balaban J connectivity index is 2.23. The average Bonchev–Trinajstić information content (AvgIpc) is 2.76. The minimum Gasteiger partial charge on any atom is -0.388 e. The lowest BCUT2D eigenvalue weighted by atomic mass is 9.97. The van der Waals surface area contributed by atoms with Gasteiger partial charge < -0.3 is 29.5 Å². The quantitative estimate of drug-likeness (QED) is 0.246. The zero-order valence-corrected chi connectivity index (χ0v) is 18.7. The van der Waals surface area contributed by atoms with Crippen LogP contribution < -0.4 is 11.2 Å². The zero-order chi connectivity index (χ0) is 21.7.